The Morgan fingerprint density at radius 1 is 1.22 bits per heavy atom. The predicted molar refractivity (Wildman–Crippen MR) is 62.6 cm³/mol. The first-order chi connectivity index (χ1) is 8.59. The summed E-state index contributed by atoms with van der Waals surface area (Å²) >= 11 is 0. The molecule has 1 aromatic rings. The van der Waals surface area contributed by atoms with Crippen molar-refractivity contribution in [3.05, 3.63) is 35.9 Å². The molecule has 0 saturated carbocycles. The summed E-state index contributed by atoms with van der Waals surface area (Å²) in [6.45, 7) is 1.62. The Morgan fingerprint density at radius 3 is 2.44 bits per heavy atom. The van der Waals surface area contributed by atoms with Gasteiger partial charge in [0.2, 0.25) is 0 Å². The highest BCUT2D eigenvalue weighted by molar-refractivity contribution is 5.76. The van der Waals surface area contributed by atoms with Crippen LogP contribution in [0.2, 0.25) is 0 Å². The molecule has 0 radical (unpaired) electrons. The number of carbonyl (C=O) groups excluding carboxylic acids is 1. The van der Waals surface area contributed by atoms with E-state index in [4.69, 9.17) is 18.9 Å². The lowest BCUT2D eigenvalue weighted by molar-refractivity contribution is -0.318. The molecular weight excluding hydrogens is 236 g/mol. The van der Waals surface area contributed by atoms with E-state index in [2.05, 4.69) is 0 Å². The van der Waals surface area contributed by atoms with Crippen molar-refractivity contribution in [2.24, 2.45) is 0 Å². The summed E-state index contributed by atoms with van der Waals surface area (Å²) in [5, 5.41) is 0. The topological polar surface area (TPSA) is 54.0 Å². The van der Waals surface area contributed by atoms with Gasteiger partial charge in [-0.15, -0.1) is 0 Å². The number of hydrogen-bond acceptors (Lipinski definition) is 5. The molecule has 0 N–H and O–H groups in total. The number of methoxy groups -OCH3 is 2. The fraction of sp³-hybridized carbons (Fsp3) is 0.462. The predicted octanol–water partition coefficient (Wildman–Crippen LogP) is 1.64. The van der Waals surface area contributed by atoms with Gasteiger partial charge in [-0.3, -0.25) is 0 Å². The molecule has 2 rings (SSSR count). The highest BCUT2D eigenvalue weighted by Crippen LogP contribution is 2.39. The van der Waals surface area contributed by atoms with E-state index in [1.54, 1.807) is 6.92 Å². The van der Waals surface area contributed by atoms with Gasteiger partial charge in [0.25, 0.3) is 5.97 Å². The van der Waals surface area contributed by atoms with E-state index in [1.165, 1.54) is 14.2 Å². The largest absolute Gasteiger partial charge is 0.467 e. The van der Waals surface area contributed by atoms with Crippen LogP contribution in [0, 0.1) is 0 Å². The van der Waals surface area contributed by atoms with Crippen LogP contribution in [0.3, 0.4) is 0 Å². The molecule has 3 atom stereocenters. The van der Waals surface area contributed by atoms with Gasteiger partial charge in [-0.1, -0.05) is 30.3 Å². The summed E-state index contributed by atoms with van der Waals surface area (Å²) in [6.07, 6.45) is -1.37. The normalized spacial score (nSPS) is 31.3. The minimum atomic E-state index is -1.24. The van der Waals surface area contributed by atoms with Crippen LogP contribution < -0.4 is 0 Å². The van der Waals surface area contributed by atoms with Gasteiger partial charge in [-0.05, 0) is 5.56 Å². The van der Waals surface area contributed by atoms with Crippen LogP contribution in [0.25, 0.3) is 0 Å². The quantitative estimate of drug-likeness (QED) is 0.765. The van der Waals surface area contributed by atoms with Crippen LogP contribution in [0.1, 0.15) is 18.6 Å². The minimum absolute atomic E-state index is 0.482. The molecule has 1 unspecified atom stereocenters. The van der Waals surface area contributed by atoms with E-state index in [1.807, 2.05) is 30.3 Å². The Bertz CT molecular complexity index is 419. The highest BCUT2D eigenvalue weighted by atomic mass is 16.9. The van der Waals surface area contributed by atoms with Crippen molar-refractivity contribution < 1.29 is 23.7 Å². The standard InChI is InChI=1S/C13H16O5/c1-13(16-3)17-10(9-7-5-4-6-8-9)11(18-13)12(14)15-2/h4-8,10-11H,1-3H3/t10-,11+,13?/m1/s1. The van der Waals surface area contributed by atoms with Gasteiger partial charge in [0.1, 0.15) is 6.10 Å². The Kier molecular flexibility index (Phi) is 3.65. The zero-order chi connectivity index (χ0) is 13.2. The average Bonchev–Trinajstić information content (AvgIpc) is 2.78. The van der Waals surface area contributed by atoms with Crippen LogP contribution in [-0.2, 0) is 23.7 Å². The third-order valence-corrected chi connectivity index (χ3v) is 2.89. The summed E-state index contributed by atoms with van der Waals surface area (Å²) in [7, 11) is 2.78. The fourth-order valence-corrected chi connectivity index (χ4v) is 1.88. The van der Waals surface area contributed by atoms with E-state index in [9.17, 15) is 4.79 Å². The molecule has 1 saturated heterocycles. The molecule has 5 heteroatoms. The summed E-state index contributed by atoms with van der Waals surface area (Å²) in [5.74, 6) is -1.72. The van der Waals surface area contributed by atoms with Gasteiger partial charge in [0.05, 0.1) is 7.11 Å². The van der Waals surface area contributed by atoms with Crippen molar-refractivity contribution in [1.29, 1.82) is 0 Å². The number of hydrogen-bond donors (Lipinski definition) is 0. The van der Waals surface area contributed by atoms with E-state index in [-0.39, 0.29) is 0 Å². The number of benzene rings is 1. The van der Waals surface area contributed by atoms with Gasteiger partial charge < -0.3 is 18.9 Å². The van der Waals surface area contributed by atoms with Gasteiger partial charge >= 0.3 is 5.97 Å². The smallest absolute Gasteiger partial charge is 0.338 e. The number of ether oxygens (including phenoxy) is 4. The van der Waals surface area contributed by atoms with Crippen LogP contribution in [0.15, 0.2) is 30.3 Å². The van der Waals surface area contributed by atoms with Crippen molar-refractivity contribution in [2.75, 3.05) is 14.2 Å². The van der Waals surface area contributed by atoms with Gasteiger partial charge in [-0.2, -0.15) is 0 Å². The van der Waals surface area contributed by atoms with Crippen LogP contribution in [-0.4, -0.2) is 32.3 Å². The van der Waals surface area contributed by atoms with Crippen LogP contribution in [0.5, 0.6) is 0 Å². The van der Waals surface area contributed by atoms with Crippen LogP contribution >= 0.6 is 0 Å². The summed E-state index contributed by atoms with van der Waals surface area (Å²) in [6, 6.07) is 9.36. The van der Waals surface area contributed by atoms with E-state index >= 15 is 0 Å². The second-order valence-corrected chi connectivity index (χ2v) is 4.08. The fourth-order valence-electron chi connectivity index (χ4n) is 1.88. The maximum absolute atomic E-state index is 11.7. The molecule has 1 aromatic carbocycles. The average molecular weight is 252 g/mol. The molecule has 98 valence electrons. The molecule has 0 amide bonds. The van der Waals surface area contributed by atoms with Gasteiger partial charge in [0, 0.05) is 14.0 Å². The molecule has 18 heavy (non-hydrogen) atoms. The maximum Gasteiger partial charge on any atom is 0.338 e. The first-order valence-corrected chi connectivity index (χ1v) is 5.63. The van der Waals surface area contributed by atoms with Crippen LogP contribution in [0.4, 0.5) is 0 Å². The molecule has 1 fully saturated rings. The van der Waals surface area contributed by atoms with Gasteiger partial charge in [-0.25, -0.2) is 4.79 Å². The lowest BCUT2D eigenvalue weighted by atomic mass is 10.0. The molecule has 1 aliphatic heterocycles. The number of carbonyl (C=O) groups is 1. The third-order valence-electron chi connectivity index (χ3n) is 2.89. The van der Waals surface area contributed by atoms with E-state index in [0.29, 0.717) is 0 Å². The van der Waals surface area contributed by atoms with Crippen molar-refractivity contribution in [1.82, 2.24) is 0 Å². The number of esters is 1. The second kappa shape index (κ2) is 5.06. The Morgan fingerprint density at radius 2 is 1.89 bits per heavy atom. The molecule has 1 heterocycles. The Balaban J connectivity index is 2.29. The zero-order valence-corrected chi connectivity index (χ0v) is 10.6. The molecule has 0 bridgehead atoms. The SMILES string of the molecule is COC(=O)[C@H]1OC(C)(OC)O[C@@H]1c1ccccc1. The maximum atomic E-state index is 11.7. The molecule has 5 nitrogen and oxygen atoms in total. The zero-order valence-electron chi connectivity index (χ0n) is 10.6. The monoisotopic (exact) mass is 252 g/mol. The molecule has 0 aromatic heterocycles. The Hall–Kier alpha value is -1.43. The minimum Gasteiger partial charge on any atom is -0.467 e. The lowest BCUT2D eigenvalue weighted by Gasteiger charge is -2.20. The first kappa shape index (κ1) is 13.0. The molecule has 0 aliphatic carbocycles. The molecule has 0 spiro atoms. The molecule has 1 aliphatic rings. The van der Waals surface area contributed by atoms with E-state index in [0.717, 1.165) is 5.56 Å². The molecular formula is C13H16O5. The van der Waals surface area contributed by atoms with Crippen molar-refractivity contribution in [3.63, 3.8) is 0 Å². The summed E-state index contributed by atoms with van der Waals surface area (Å²) in [5.41, 5.74) is 0.841. The van der Waals surface area contributed by atoms with Crippen molar-refractivity contribution in [3.8, 4) is 0 Å². The summed E-state index contributed by atoms with van der Waals surface area (Å²) in [4.78, 5) is 11.7. The van der Waals surface area contributed by atoms with E-state index < -0.39 is 24.2 Å². The number of rotatable bonds is 3. The first-order valence-electron chi connectivity index (χ1n) is 5.63. The van der Waals surface area contributed by atoms with Crippen molar-refractivity contribution in [2.45, 2.75) is 25.1 Å². The lowest BCUT2D eigenvalue weighted by Crippen LogP contribution is -2.31. The second-order valence-electron chi connectivity index (χ2n) is 4.08. The Labute approximate surface area is 106 Å². The summed E-state index contributed by atoms with van der Waals surface area (Å²) < 4.78 is 21.0. The highest BCUT2D eigenvalue weighted by Gasteiger charge is 2.49. The van der Waals surface area contributed by atoms with Gasteiger partial charge in [0.15, 0.2) is 6.10 Å². The van der Waals surface area contributed by atoms with Crippen molar-refractivity contribution >= 4 is 5.97 Å². The third kappa shape index (κ3) is 2.38.